The molecule has 2 aromatic rings. The van der Waals surface area contributed by atoms with Crippen LogP contribution in [0.15, 0.2) is 17.2 Å². The van der Waals surface area contributed by atoms with Gasteiger partial charge in [-0.05, 0) is 27.0 Å². The highest BCUT2D eigenvalue weighted by molar-refractivity contribution is 7.92. The van der Waals surface area contributed by atoms with Crippen molar-refractivity contribution in [2.24, 2.45) is 7.05 Å². The fourth-order valence-electron chi connectivity index (χ4n) is 1.98. The van der Waals surface area contributed by atoms with Crippen molar-refractivity contribution in [1.82, 2.24) is 20.1 Å². The topological polar surface area (TPSA) is 91.8 Å². The Morgan fingerprint density at radius 1 is 1.40 bits per heavy atom. The van der Waals surface area contributed by atoms with E-state index in [0.29, 0.717) is 23.6 Å². The molecule has 0 fully saturated rings. The predicted octanol–water partition coefficient (Wildman–Crippen LogP) is 0.885. The molecule has 0 aliphatic rings. The quantitative estimate of drug-likeness (QED) is 0.764. The Bertz CT molecular complexity index is 695. The Morgan fingerprint density at radius 3 is 2.65 bits per heavy atom. The summed E-state index contributed by atoms with van der Waals surface area (Å²) in [6, 6.07) is 1.66. The largest absolute Gasteiger partial charge is 0.352 e. The van der Waals surface area contributed by atoms with Crippen molar-refractivity contribution in [2.75, 3.05) is 11.8 Å². The zero-order valence-corrected chi connectivity index (χ0v) is 12.8. The molecule has 2 rings (SSSR count). The maximum absolute atomic E-state index is 12.4. The second kappa shape index (κ2) is 5.29. The lowest BCUT2D eigenvalue weighted by Gasteiger charge is -2.06. The molecule has 0 unspecified atom stereocenters. The zero-order valence-electron chi connectivity index (χ0n) is 12.0. The predicted molar refractivity (Wildman–Crippen MR) is 77.0 cm³/mol. The first-order valence-electron chi connectivity index (χ1n) is 6.19. The molecule has 0 saturated heterocycles. The number of rotatable bonds is 5. The standard InChI is InChI=1S/C12H19N5O2S/c1-8-12(9(2)15-14-8)16-20(18,19)11-5-10(6-13-3)17(4)7-11/h5,7,13,16H,6H2,1-4H3,(H,14,15). The van der Waals surface area contributed by atoms with Crippen LogP contribution in [0.5, 0.6) is 0 Å². The van der Waals surface area contributed by atoms with E-state index in [-0.39, 0.29) is 4.90 Å². The Labute approximate surface area is 118 Å². The number of nitrogens with zero attached hydrogens (tertiary/aromatic N) is 2. The van der Waals surface area contributed by atoms with Crippen molar-refractivity contribution >= 4 is 15.7 Å². The van der Waals surface area contributed by atoms with Crippen LogP contribution >= 0.6 is 0 Å². The number of anilines is 1. The molecule has 2 heterocycles. The van der Waals surface area contributed by atoms with E-state index in [4.69, 9.17) is 0 Å². The first-order chi connectivity index (χ1) is 9.35. The summed E-state index contributed by atoms with van der Waals surface area (Å²) in [7, 11) is 0.0297. The highest BCUT2D eigenvalue weighted by atomic mass is 32.2. The van der Waals surface area contributed by atoms with E-state index in [1.54, 1.807) is 30.7 Å². The second-order valence-corrected chi connectivity index (χ2v) is 6.41. The molecule has 0 saturated carbocycles. The molecule has 0 bridgehead atoms. The van der Waals surface area contributed by atoms with Crippen molar-refractivity contribution in [1.29, 1.82) is 0 Å². The fraction of sp³-hybridized carbons (Fsp3) is 0.417. The number of hydrogen-bond acceptors (Lipinski definition) is 4. The molecule has 20 heavy (non-hydrogen) atoms. The average molecular weight is 297 g/mol. The van der Waals surface area contributed by atoms with Crippen molar-refractivity contribution in [3.05, 3.63) is 29.3 Å². The van der Waals surface area contributed by atoms with Crippen molar-refractivity contribution in [3.8, 4) is 0 Å². The molecule has 0 aliphatic heterocycles. The molecule has 7 nitrogen and oxygen atoms in total. The number of sulfonamides is 1. The minimum absolute atomic E-state index is 0.241. The van der Waals surface area contributed by atoms with Gasteiger partial charge in [0.05, 0.1) is 17.1 Å². The van der Waals surface area contributed by atoms with Gasteiger partial charge in [0.15, 0.2) is 0 Å². The summed E-state index contributed by atoms with van der Waals surface area (Å²) >= 11 is 0. The van der Waals surface area contributed by atoms with E-state index < -0.39 is 10.0 Å². The summed E-state index contributed by atoms with van der Waals surface area (Å²) < 4.78 is 29.1. The fourth-order valence-corrected chi connectivity index (χ4v) is 3.25. The maximum Gasteiger partial charge on any atom is 0.263 e. The van der Waals surface area contributed by atoms with Gasteiger partial charge in [0.1, 0.15) is 4.90 Å². The molecular weight excluding hydrogens is 278 g/mol. The summed E-state index contributed by atoms with van der Waals surface area (Å²) in [5, 5.41) is 9.74. The first kappa shape index (κ1) is 14.6. The van der Waals surface area contributed by atoms with E-state index in [9.17, 15) is 8.42 Å². The van der Waals surface area contributed by atoms with Crippen LogP contribution in [-0.2, 0) is 23.6 Å². The first-order valence-corrected chi connectivity index (χ1v) is 7.67. The third kappa shape index (κ3) is 2.70. The number of aromatic nitrogens is 3. The minimum Gasteiger partial charge on any atom is -0.352 e. The second-order valence-electron chi connectivity index (χ2n) is 4.72. The van der Waals surface area contributed by atoms with Crippen molar-refractivity contribution < 1.29 is 8.42 Å². The summed E-state index contributed by atoms with van der Waals surface area (Å²) in [5.41, 5.74) is 2.72. The van der Waals surface area contributed by atoms with Crippen LogP contribution in [0.25, 0.3) is 0 Å². The number of nitrogens with one attached hydrogen (secondary N) is 3. The summed E-state index contributed by atoms with van der Waals surface area (Å²) in [5.74, 6) is 0. The average Bonchev–Trinajstić information content (AvgIpc) is 2.88. The van der Waals surface area contributed by atoms with Gasteiger partial charge in [-0.1, -0.05) is 0 Å². The van der Waals surface area contributed by atoms with E-state index in [1.807, 2.05) is 14.1 Å². The number of aromatic amines is 1. The van der Waals surface area contributed by atoms with Crippen LogP contribution in [0.3, 0.4) is 0 Å². The lowest BCUT2D eigenvalue weighted by molar-refractivity contribution is 0.601. The summed E-state index contributed by atoms with van der Waals surface area (Å²) in [6.07, 6.45) is 1.60. The molecule has 0 aliphatic carbocycles. The van der Waals surface area contributed by atoms with Gasteiger partial charge >= 0.3 is 0 Å². The van der Waals surface area contributed by atoms with Crippen LogP contribution in [0, 0.1) is 13.8 Å². The lowest BCUT2D eigenvalue weighted by atomic mass is 10.3. The lowest BCUT2D eigenvalue weighted by Crippen LogP contribution is -2.13. The normalized spacial score (nSPS) is 11.8. The van der Waals surface area contributed by atoms with Gasteiger partial charge in [0, 0.05) is 25.5 Å². The van der Waals surface area contributed by atoms with E-state index in [2.05, 4.69) is 20.2 Å². The van der Waals surface area contributed by atoms with Gasteiger partial charge in [0.2, 0.25) is 0 Å². The molecular formula is C12H19N5O2S. The molecule has 3 N–H and O–H groups in total. The molecule has 8 heteroatoms. The van der Waals surface area contributed by atoms with Crippen molar-refractivity contribution in [2.45, 2.75) is 25.3 Å². The molecule has 0 spiro atoms. The molecule has 0 radical (unpaired) electrons. The molecule has 0 aromatic carbocycles. The van der Waals surface area contributed by atoms with E-state index >= 15 is 0 Å². The SMILES string of the molecule is CNCc1cc(S(=O)(=O)Nc2c(C)n[nH]c2C)cn1C. The van der Waals surface area contributed by atoms with Gasteiger partial charge in [-0.3, -0.25) is 9.82 Å². The van der Waals surface area contributed by atoms with Crippen LogP contribution < -0.4 is 10.0 Å². The Kier molecular flexibility index (Phi) is 3.87. The summed E-state index contributed by atoms with van der Waals surface area (Å²) in [4.78, 5) is 0.241. The molecule has 2 aromatic heterocycles. The van der Waals surface area contributed by atoms with E-state index in [0.717, 1.165) is 5.69 Å². The molecule has 0 atom stereocenters. The van der Waals surface area contributed by atoms with Crippen LogP contribution in [0.4, 0.5) is 5.69 Å². The Balaban J connectivity index is 2.33. The zero-order chi connectivity index (χ0) is 14.9. The highest BCUT2D eigenvalue weighted by Crippen LogP contribution is 2.22. The van der Waals surface area contributed by atoms with Gasteiger partial charge in [-0.15, -0.1) is 0 Å². The smallest absolute Gasteiger partial charge is 0.263 e. The maximum atomic E-state index is 12.4. The summed E-state index contributed by atoms with van der Waals surface area (Å²) in [6.45, 7) is 4.13. The van der Waals surface area contributed by atoms with Crippen molar-refractivity contribution in [3.63, 3.8) is 0 Å². The Hall–Kier alpha value is -1.80. The highest BCUT2D eigenvalue weighted by Gasteiger charge is 2.20. The third-order valence-electron chi connectivity index (χ3n) is 3.12. The van der Waals surface area contributed by atoms with Gasteiger partial charge in [0.25, 0.3) is 10.0 Å². The third-order valence-corrected chi connectivity index (χ3v) is 4.43. The minimum atomic E-state index is -3.61. The molecule has 0 amide bonds. The molecule has 110 valence electrons. The number of aryl methyl sites for hydroxylation is 3. The van der Waals surface area contributed by atoms with Crippen LogP contribution in [0.2, 0.25) is 0 Å². The van der Waals surface area contributed by atoms with E-state index in [1.165, 1.54) is 0 Å². The van der Waals surface area contributed by atoms with Gasteiger partial charge in [-0.25, -0.2) is 8.42 Å². The monoisotopic (exact) mass is 297 g/mol. The number of H-pyrrole nitrogens is 1. The van der Waals surface area contributed by atoms with Crippen LogP contribution in [0.1, 0.15) is 17.1 Å². The van der Waals surface area contributed by atoms with Gasteiger partial charge < -0.3 is 9.88 Å². The van der Waals surface area contributed by atoms with Gasteiger partial charge in [-0.2, -0.15) is 5.10 Å². The Morgan fingerprint density at radius 2 is 2.10 bits per heavy atom. The number of hydrogen-bond donors (Lipinski definition) is 3. The van der Waals surface area contributed by atoms with Crippen LogP contribution in [-0.4, -0.2) is 30.2 Å².